The van der Waals surface area contributed by atoms with Crippen LogP contribution in [0.3, 0.4) is 0 Å². The molecule has 0 bridgehead atoms. The topological polar surface area (TPSA) is 17.1 Å². The fourth-order valence-electron chi connectivity index (χ4n) is 0.893. The first-order valence-electron chi connectivity index (χ1n) is 4.41. The van der Waals surface area contributed by atoms with Crippen LogP contribution in [0.25, 0.3) is 0 Å². The zero-order chi connectivity index (χ0) is 9.94. The molecule has 0 aliphatic heterocycles. The minimum absolute atomic E-state index is 0.397. The fourth-order valence-corrected chi connectivity index (χ4v) is 0.982. The molecule has 0 spiro atoms. The number of carbonyl (C=O) groups excluding carboxylic acids is 1. The summed E-state index contributed by atoms with van der Waals surface area (Å²) in [6.45, 7) is 3.58. The highest BCUT2D eigenvalue weighted by atomic mass is 35.5. The summed E-state index contributed by atoms with van der Waals surface area (Å²) in [6, 6.07) is 0. The maximum Gasteiger partial charge on any atom is 0.244 e. The first kappa shape index (κ1) is 12.2. The Balaban J connectivity index is 3.21. The van der Waals surface area contributed by atoms with Gasteiger partial charge in [-0.1, -0.05) is 30.9 Å². The molecule has 0 saturated carbocycles. The lowest BCUT2D eigenvalue weighted by atomic mass is 10.2. The minimum atomic E-state index is -0.397. The van der Waals surface area contributed by atoms with Gasteiger partial charge in [-0.25, -0.2) is 0 Å². The predicted octanol–water partition coefficient (Wildman–Crippen LogP) is 3.61. The number of rotatable bonds is 7. The van der Waals surface area contributed by atoms with Crippen LogP contribution in [0.5, 0.6) is 0 Å². The summed E-state index contributed by atoms with van der Waals surface area (Å²) in [5.74, 6) is 0. The molecule has 0 aromatic heterocycles. The van der Waals surface area contributed by atoms with Crippen molar-refractivity contribution >= 4 is 16.8 Å². The van der Waals surface area contributed by atoms with Crippen LogP contribution in [0, 0.1) is 0 Å². The molecule has 0 rings (SSSR count). The van der Waals surface area contributed by atoms with Gasteiger partial charge in [0.05, 0.1) is 0 Å². The van der Waals surface area contributed by atoms with Gasteiger partial charge < -0.3 is 0 Å². The summed E-state index contributed by atoms with van der Waals surface area (Å²) >= 11 is 5.11. The Hall–Kier alpha value is -0.820. The number of carbonyl (C=O) groups is 1. The van der Waals surface area contributed by atoms with E-state index in [9.17, 15) is 4.79 Å². The van der Waals surface area contributed by atoms with Crippen LogP contribution in [-0.4, -0.2) is 5.24 Å². The first-order chi connectivity index (χ1) is 6.27. The van der Waals surface area contributed by atoms with E-state index in [4.69, 9.17) is 11.6 Å². The molecule has 0 saturated heterocycles. The molecule has 0 N–H and O–H groups in total. The van der Waals surface area contributed by atoms with E-state index in [1.165, 1.54) is 6.08 Å². The van der Waals surface area contributed by atoms with Gasteiger partial charge in [0.25, 0.3) is 0 Å². The van der Waals surface area contributed by atoms with Crippen molar-refractivity contribution in [2.75, 3.05) is 0 Å². The molecule has 0 aromatic rings. The van der Waals surface area contributed by atoms with Gasteiger partial charge in [-0.15, -0.1) is 0 Å². The maximum atomic E-state index is 10.3. The summed E-state index contributed by atoms with van der Waals surface area (Å²) in [7, 11) is 0. The van der Waals surface area contributed by atoms with Crippen molar-refractivity contribution < 1.29 is 4.79 Å². The number of halogens is 1. The van der Waals surface area contributed by atoms with Crippen LogP contribution >= 0.6 is 11.6 Å². The van der Waals surface area contributed by atoms with E-state index in [-0.39, 0.29) is 0 Å². The van der Waals surface area contributed by atoms with Crippen molar-refractivity contribution in [3.05, 3.63) is 37.0 Å². The molecule has 0 fully saturated rings. The Morgan fingerprint density at radius 3 is 2.38 bits per heavy atom. The van der Waals surface area contributed by atoms with E-state index in [0.717, 1.165) is 25.7 Å². The van der Waals surface area contributed by atoms with Gasteiger partial charge in [-0.2, -0.15) is 0 Å². The lowest BCUT2D eigenvalue weighted by Gasteiger charge is -1.91. The summed E-state index contributed by atoms with van der Waals surface area (Å²) in [5, 5.41) is -0.397. The maximum absolute atomic E-state index is 10.3. The average molecular weight is 199 g/mol. The Morgan fingerprint density at radius 1 is 1.23 bits per heavy atom. The van der Waals surface area contributed by atoms with E-state index in [1.807, 2.05) is 12.2 Å². The fraction of sp³-hybridized carbons (Fsp3) is 0.364. The molecule has 0 aliphatic rings. The Morgan fingerprint density at radius 2 is 1.85 bits per heavy atom. The van der Waals surface area contributed by atoms with Crippen molar-refractivity contribution in [1.29, 1.82) is 0 Å². The zero-order valence-electron chi connectivity index (χ0n) is 7.71. The van der Waals surface area contributed by atoms with Crippen LogP contribution < -0.4 is 0 Å². The number of unbranched alkanes of at least 4 members (excludes halogenated alkanes) is 3. The number of hydrogen-bond donors (Lipinski definition) is 0. The standard InChI is InChI=1S/C11H15ClO/c1-2-3-4-5-6-7-8-9-10-11(12)13/h2-4,9-10H,1,5-8H2. The second-order valence-electron chi connectivity index (χ2n) is 2.65. The van der Waals surface area contributed by atoms with E-state index in [1.54, 1.807) is 6.08 Å². The summed E-state index contributed by atoms with van der Waals surface area (Å²) < 4.78 is 0. The molecular formula is C11H15ClO. The summed E-state index contributed by atoms with van der Waals surface area (Å²) in [5.41, 5.74) is 0. The smallest absolute Gasteiger partial charge is 0.244 e. The largest absolute Gasteiger partial charge is 0.276 e. The van der Waals surface area contributed by atoms with Crippen molar-refractivity contribution in [3.8, 4) is 0 Å². The van der Waals surface area contributed by atoms with E-state index >= 15 is 0 Å². The van der Waals surface area contributed by atoms with Gasteiger partial charge in [0.15, 0.2) is 0 Å². The van der Waals surface area contributed by atoms with Gasteiger partial charge in [-0.05, 0) is 43.4 Å². The molecule has 72 valence electrons. The predicted molar refractivity (Wildman–Crippen MR) is 57.8 cm³/mol. The lowest BCUT2D eigenvalue weighted by Crippen LogP contribution is -1.76. The molecule has 0 amide bonds. The first-order valence-corrected chi connectivity index (χ1v) is 4.78. The highest BCUT2D eigenvalue weighted by Crippen LogP contribution is 2.01. The minimum Gasteiger partial charge on any atom is -0.276 e. The van der Waals surface area contributed by atoms with Gasteiger partial charge in [0.2, 0.25) is 5.24 Å². The van der Waals surface area contributed by atoms with E-state index in [0.29, 0.717) is 0 Å². The molecule has 0 heterocycles. The van der Waals surface area contributed by atoms with Crippen LogP contribution in [0.2, 0.25) is 0 Å². The summed E-state index contributed by atoms with van der Waals surface area (Å²) in [6.07, 6.45) is 13.2. The van der Waals surface area contributed by atoms with Gasteiger partial charge >= 0.3 is 0 Å². The number of hydrogen-bond acceptors (Lipinski definition) is 1. The van der Waals surface area contributed by atoms with Crippen LogP contribution in [0.15, 0.2) is 37.0 Å². The van der Waals surface area contributed by atoms with Gasteiger partial charge in [-0.3, -0.25) is 4.79 Å². The molecule has 0 unspecified atom stereocenters. The average Bonchev–Trinajstić information content (AvgIpc) is 2.09. The molecule has 0 atom stereocenters. The van der Waals surface area contributed by atoms with Gasteiger partial charge in [0, 0.05) is 0 Å². The molecule has 13 heavy (non-hydrogen) atoms. The highest BCUT2D eigenvalue weighted by molar-refractivity contribution is 6.66. The second kappa shape index (κ2) is 9.27. The van der Waals surface area contributed by atoms with Crippen LogP contribution in [0.1, 0.15) is 25.7 Å². The Kier molecular flexibility index (Phi) is 8.68. The lowest BCUT2D eigenvalue weighted by molar-refractivity contribution is -0.107. The summed E-state index contributed by atoms with van der Waals surface area (Å²) in [4.78, 5) is 10.3. The van der Waals surface area contributed by atoms with Crippen molar-refractivity contribution in [2.45, 2.75) is 25.7 Å². The molecule has 0 radical (unpaired) electrons. The van der Waals surface area contributed by atoms with Crippen LogP contribution in [0.4, 0.5) is 0 Å². The van der Waals surface area contributed by atoms with Crippen molar-refractivity contribution in [2.24, 2.45) is 0 Å². The quantitative estimate of drug-likeness (QED) is 0.264. The van der Waals surface area contributed by atoms with Crippen molar-refractivity contribution in [1.82, 2.24) is 0 Å². The third-order valence-corrected chi connectivity index (χ3v) is 1.64. The molecule has 2 heteroatoms. The molecule has 0 aromatic carbocycles. The van der Waals surface area contributed by atoms with E-state index < -0.39 is 5.24 Å². The second-order valence-corrected chi connectivity index (χ2v) is 3.03. The monoisotopic (exact) mass is 198 g/mol. The van der Waals surface area contributed by atoms with Crippen molar-refractivity contribution in [3.63, 3.8) is 0 Å². The Labute approximate surface area is 84.8 Å². The SMILES string of the molecule is C=CC=CCCCCC=CC(=O)Cl. The zero-order valence-corrected chi connectivity index (χ0v) is 8.46. The number of allylic oxidation sites excluding steroid dienone is 5. The third-order valence-electron chi connectivity index (χ3n) is 1.51. The van der Waals surface area contributed by atoms with Crippen LogP contribution in [-0.2, 0) is 4.79 Å². The normalized spacial score (nSPS) is 11.2. The third kappa shape index (κ3) is 11.2. The molecule has 0 aliphatic carbocycles. The molecular weight excluding hydrogens is 184 g/mol. The Bertz CT molecular complexity index is 204. The highest BCUT2D eigenvalue weighted by Gasteiger charge is 1.85. The molecule has 1 nitrogen and oxygen atoms in total. The van der Waals surface area contributed by atoms with Gasteiger partial charge in [0.1, 0.15) is 0 Å². The van der Waals surface area contributed by atoms with E-state index in [2.05, 4.69) is 12.7 Å².